The molecule has 0 saturated carbocycles. The van der Waals surface area contributed by atoms with Gasteiger partial charge >= 0.3 is 0 Å². The van der Waals surface area contributed by atoms with E-state index < -0.39 is 23.7 Å². The quantitative estimate of drug-likeness (QED) is 0.562. The molecule has 156 valence electrons. The van der Waals surface area contributed by atoms with Crippen molar-refractivity contribution in [1.82, 2.24) is 15.8 Å². The summed E-state index contributed by atoms with van der Waals surface area (Å²) in [6.45, 7) is 3.73. The number of ether oxygens (including phenoxy) is 2. The zero-order valence-corrected chi connectivity index (χ0v) is 17.2. The molecule has 0 fully saturated rings. The van der Waals surface area contributed by atoms with Crippen molar-refractivity contribution in [2.75, 3.05) is 0 Å². The van der Waals surface area contributed by atoms with E-state index in [0.717, 1.165) is 10.7 Å². The zero-order valence-electron chi connectivity index (χ0n) is 16.3. The Morgan fingerprint density at radius 2 is 1.90 bits per heavy atom. The van der Waals surface area contributed by atoms with Crippen molar-refractivity contribution in [1.29, 1.82) is 0 Å². The minimum atomic E-state index is -0.896. The van der Waals surface area contributed by atoms with Gasteiger partial charge in [-0.25, -0.2) is 9.37 Å². The van der Waals surface area contributed by atoms with Crippen molar-refractivity contribution in [3.63, 3.8) is 0 Å². The number of rotatable bonds is 7. The van der Waals surface area contributed by atoms with E-state index in [2.05, 4.69) is 15.8 Å². The van der Waals surface area contributed by atoms with Gasteiger partial charge in [-0.2, -0.15) is 0 Å². The third-order valence-corrected chi connectivity index (χ3v) is 4.77. The standard InChI is InChI=1S/C21H20FN3O4S/c1-13(29-18-8-6-16(22)7-9-18)20(26)24-25-21(27)15-4-3-5-19(10-15)28-11-17-12-30-14(2)23-17/h3-10,12-13H,11H2,1-2H3,(H,24,26)(H,25,27). The van der Waals surface area contributed by atoms with Gasteiger partial charge < -0.3 is 9.47 Å². The van der Waals surface area contributed by atoms with Crippen LogP contribution in [0.15, 0.2) is 53.9 Å². The van der Waals surface area contributed by atoms with Crippen LogP contribution in [-0.4, -0.2) is 22.9 Å². The number of carbonyl (C=O) groups excluding carboxylic acids is 2. The highest BCUT2D eigenvalue weighted by Crippen LogP contribution is 2.16. The van der Waals surface area contributed by atoms with E-state index in [-0.39, 0.29) is 0 Å². The van der Waals surface area contributed by atoms with Gasteiger partial charge in [0, 0.05) is 10.9 Å². The number of carbonyl (C=O) groups is 2. The molecule has 2 amide bonds. The van der Waals surface area contributed by atoms with Crippen LogP contribution in [-0.2, 0) is 11.4 Å². The van der Waals surface area contributed by atoms with E-state index in [1.165, 1.54) is 42.5 Å². The first kappa shape index (κ1) is 21.3. The Bertz CT molecular complexity index is 1020. The second-order valence-electron chi connectivity index (χ2n) is 6.33. The van der Waals surface area contributed by atoms with Crippen LogP contribution >= 0.6 is 11.3 Å². The molecular formula is C21H20FN3O4S. The average Bonchev–Trinajstić information content (AvgIpc) is 3.17. The van der Waals surface area contributed by atoms with Crippen molar-refractivity contribution in [2.45, 2.75) is 26.6 Å². The van der Waals surface area contributed by atoms with Crippen molar-refractivity contribution in [3.8, 4) is 11.5 Å². The predicted molar refractivity (Wildman–Crippen MR) is 110 cm³/mol. The Morgan fingerprint density at radius 3 is 2.60 bits per heavy atom. The normalized spacial score (nSPS) is 11.4. The van der Waals surface area contributed by atoms with Crippen molar-refractivity contribution >= 4 is 23.2 Å². The van der Waals surface area contributed by atoms with E-state index >= 15 is 0 Å². The molecule has 0 aliphatic rings. The van der Waals surface area contributed by atoms with Crippen LogP contribution in [0.25, 0.3) is 0 Å². The van der Waals surface area contributed by atoms with Gasteiger partial charge in [-0.1, -0.05) is 6.07 Å². The molecule has 9 heteroatoms. The molecular weight excluding hydrogens is 409 g/mol. The molecule has 1 heterocycles. The maximum Gasteiger partial charge on any atom is 0.279 e. The van der Waals surface area contributed by atoms with Crippen molar-refractivity contribution in [3.05, 3.63) is 76.0 Å². The molecule has 3 aromatic rings. The fraction of sp³-hybridized carbons (Fsp3) is 0.190. The number of aryl methyl sites for hydroxylation is 1. The number of hydrogen-bond acceptors (Lipinski definition) is 6. The number of amides is 2. The molecule has 0 aliphatic carbocycles. The lowest BCUT2D eigenvalue weighted by molar-refractivity contribution is -0.128. The van der Waals surface area contributed by atoms with Crippen LogP contribution in [0.5, 0.6) is 11.5 Å². The molecule has 0 aliphatic heterocycles. The minimum absolute atomic E-state index is 0.296. The average molecular weight is 429 g/mol. The molecule has 1 aromatic heterocycles. The van der Waals surface area contributed by atoms with Gasteiger partial charge in [0.2, 0.25) is 0 Å². The van der Waals surface area contributed by atoms with Gasteiger partial charge in [-0.15, -0.1) is 11.3 Å². The number of nitrogens with zero attached hydrogens (tertiary/aromatic N) is 1. The van der Waals surface area contributed by atoms with Crippen LogP contribution in [0.3, 0.4) is 0 Å². The molecule has 3 rings (SSSR count). The second kappa shape index (κ2) is 9.84. The summed E-state index contributed by atoms with van der Waals surface area (Å²) in [5, 5.41) is 2.87. The third-order valence-electron chi connectivity index (χ3n) is 3.94. The van der Waals surface area contributed by atoms with E-state index in [9.17, 15) is 14.0 Å². The fourth-order valence-corrected chi connectivity index (χ4v) is 3.02. The van der Waals surface area contributed by atoms with E-state index in [0.29, 0.717) is 23.7 Å². The third kappa shape index (κ3) is 6.02. The number of aromatic nitrogens is 1. The second-order valence-corrected chi connectivity index (χ2v) is 7.39. The summed E-state index contributed by atoms with van der Waals surface area (Å²) in [6.07, 6.45) is -0.896. The summed E-state index contributed by atoms with van der Waals surface area (Å²) in [5.41, 5.74) is 5.77. The van der Waals surface area contributed by atoms with E-state index in [1.54, 1.807) is 24.3 Å². The smallest absolute Gasteiger partial charge is 0.279 e. The van der Waals surface area contributed by atoms with E-state index in [1.807, 2.05) is 12.3 Å². The topological polar surface area (TPSA) is 89.5 Å². The highest BCUT2D eigenvalue weighted by Gasteiger charge is 2.16. The first-order valence-electron chi connectivity index (χ1n) is 9.07. The predicted octanol–water partition coefficient (Wildman–Crippen LogP) is 3.40. The Kier molecular flexibility index (Phi) is 6.97. The highest BCUT2D eigenvalue weighted by molar-refractivity contribution is 7.09. The Morgan fingerprint density at radius 1 is 1.13 bits per heavy atom. The molecule has 0 saturated heterocycles. The van der Waals surface area contributed by atoms with Gasteiger partial charge in [0.1, 0.15) is 23.9 Å². The van der Waals surface area contributed by atoms with Crippen LogP contribution < -0.4 is 20.3 Å². The van der Waals surface area contributed by atoms with Gasteiger partial charge in [0.25, 0.3) is 11.8 Å². The molecule has 1 atom stereocenters. The number of hydrogen-bond donors (Lipinski definition) is 2. The van der Waals surface area contributed by atoms with Crippen molar-refractivity contribution < 1.29 is 23.5 Å². The van der Waals surface area contributed by atoms with Crippen LogP contribution in [0.1, 0.15) is 28.0 Å². The van der Waals surface area contributed by atoms with Crippen LogP contribution in [0, 0.1) is 12.7 Å². The minimum Gasteiger partial charge on any atom is -0.487 e. The molecule has 0 bridgehead atoms. The Labute approximate surface area is 176 Å². The SMILES string of the molecule is Cc1nc(COc2cccc(C(=O)NNC(=O)C(C)Oc3ccc(F)cc3)c2)cs1. The lowest BCUT2D eigenvalue weighted by atomic mass is 10.2. The number of thiazole rings is 1. The van der Waals surface area contributed by atoms with E-state index in [4.69, 9.17) is 9.47 Å². The highest BCUT2D eigenvalue weighted by atomic mass is 32.1. The number of hydrazine groups is 1. The van der Waals surface area contributed by atoms with Gasteiger partial charge in [0.15, 0.2) is 6.10 Å². The zero-order chi connectivity index (χ0) is 21.5. The number of nitrogens with one attached hydrogen (secondary N) is 2. The summed E-state index contributed by atoms with van der Waals surface area (Å²) >= 11 is 1.54. The maximum absolute atomic E-state index is 12.9. The summed E-state index contributed by atoms with van der Waals surface area (Å²) in [5.74, 6) is -0.621. The maximum atomic E-state index is 12.9. The summed E-state index contributed by atoms with van der Waals surface area (Å²) in [4.78, 5) is 28.8. The van der Waals surface area contributed by atoms with Crippen LogP contribution in [0.4, 0.5) is 4.39 Å². The molecule has 2 aromatic carbocycles. The summed E-state index contributed by atoms with van der Waals surface area (Å²) < 4.78 is 24.0. The molecule has 2 N–H and O–H groups in total. The molecule has 1 unspecified atom stereocenters. The first-order valence-corrected chi connectivity index (χ1v) is 9.95. The van der Waals surface area contributed by atoms with Crippen molar-refractivity contribution in [2.24, 2.45) is 0 Å². The fourth-order valence-electron chi connectivity index (χ4n) is 2.42. The Balaban J connectivity index is 1.50. The molecule has 0 radical (unpaired) electrons. The lowest BCUT2D eigenvalue weighted by Crippen LogP contribution is -2.47. The summed E-state index contributed by atoms with van der Waals surface area (Å²) in [7, 11) is 0. The molecule has 0 spiro atoms. The Hall–Kier alpha value is -3.46. The number of halogens is 1. The monoisotopic (exact) mass is 429 g/mol. The van der Waals surface area contributed by atoms with Gasteiger partial charge in [-0.05, 0) is 56.3 Å². The van der Waals surface area contributed by atoms with Crippen LogP contribution in [0.2, 0.25) is 0 Å². The molecule has 7 nitrogen and oxygen atoms in total. The summed E-state index contributed by atoms with van der Waals surface area (Å²) in [6, 6.07) is 11.9. The lowest BCUT2D eigenvalue weighted by Gasteiger charge is -2.15. The molecule has 30 heavy (non-hydrogen) atoms. The van der Waals surface area contributed by atoms with Gasteiger partial charge in [-0.3, -0.25) is 20.4 Å². The first-order chi connectivity index (χ1) is 14.4. The number of benzene rings is 2. The largest absolute Gasteiger partial charge is 0.487 e. The van der Waals surface area contributed by atoms with Gasteiger partial charge in [0.05, 0.1) is 10.7 Å².